The van der Waals surface area contributed by atoms with Crippen molar-refractivity contribution in [3.63, 3.8) is 0 Å². The van der Waals surface area contributed by atoms with Crippen LogP contribution in [0.2, 0.25) is 10.0 Å². The van der Waals surface area contributed by atoms with Crippen molar-refractivity contribution in [2.75, 3.05) is 19.7 Å². The normalized spacial score (nSPS) is 27.9. The minimum absolute atomic E-state index is 0. The SMILES string of the molecule is Cl.OC1CCN([C@@H]2CCCC[C@H]2OCCc2c(Cl)cccc2Cl)C1. The van der Waals surface area contributed by atoms with Crippen LogP contribution < -0.4 is 0 Å². The minimum atomic E-state index is -0.167. The summed E-state index contributed by atoms with van der Waals surface area (Å²) in [5, 5.41) is 11.2. The molecule has 1 saturated heterocycles. The Kier molecular flexibility index (Phi) is 8.12. The molecule has 0 bridgehead atoms. The number of β-amino-alcohol motifs (C(OH)–C–C–N with tert-alkyl or cyclic N) is 1. The second kappa shape index (κ2) is 9.61. The van der Waals surface area contributed by atoms with Gasteiger partial charge in [0.1, 0.15) is 0 Å². The average Bonchev–Trinajstić information content (AvgIpc) is 2.97. The van der Waals surface area contributed by atoms with Crippen molar-refractivity contribution in [1.29, 1.82) is 0 Å². The lowest BCUT2D eigenvalue weighted by atomic mass is 9.91. The smallest absolute Gasteiger partial charge is 0.0730 e. The Labute approximate surface area is 160 Å². The lowest BCUT2D eigenvalue weighted by Gasteiger charge is -2.37. The van der Waals surface area contributed by atoms with Gasteiger partial charge in [-0.1, -0.05) is 42.1 Å². The molecule has 3 nitrogen and oxygen atoms in total. The molecule has 0 spiro atoms. The van der Waals surface area contributed by atoms with Crippen molar-refractivity contribution in [2.24, 2.45) is 0 Å². The Morgan fingerprint density at radius 2 is 1.83 bits per heavy atom. The molecule has 1 N–H and O–H groups in total. The maximum absolute atomic E-state index is 9.79. The van der Waals surface area contributed by atoms with Gasteiger partial charge in [0.25, 0.3) is 0 Å². The Bertz CT molecular complexity index is 509. The summed E-state index contributed by atoms with van der Waals surface area (Å²) >= 11 is 12.4. The molecule has 1 aliphatic heterocycles. The molecule has 1 aliphatic carbocycles. The number of benzene rings is 1. The number of rotatable bonds is 5. The van der Waals surface area contributed by atoms with Crippen molar-refractivity contribution in [3.8, 4) is 0 Å². The fraction of sp³-hybridized carbons (Fsp3) is 0.667. The lowest BCUT2D eigenvalue weighted by molar-refractivity contribution is -0.0315. The Morgan fingerprint density at radius 3 is 2.50 bits per heavy atom. The highest BCUT2D eigenvalue weighted by atomic mass is 35.5. The molecule has 1 aromatic rings. The predicted molar refractivity (Wildman–Crippen MR) is 102 cm³/mol. The summed E-state index contributed by atoms with van der Waals surface area (Å²) < 4.78 is 6.22. The van der Waals surface area contributed by atoms with Crippen LogP contribution in [0, 0.1) is 0 Å². The molecule has 1 aromatic carbocycles. The van der Waals surface area contributed by atoms with E-state index in [0.29, 0.717) is 22.7 Å². The summed E-state index contributed by atoms with van der Waals surface area (Å²) in [5.41, 5.74) is 0.972. The first-order chi connectivity index (χ1) is 11.1. The van der Waals surface area contributed by atoms with Gasteiger partial charge in [-0.05, 0) is 43.4 Å². The highest BCUT2D eigenvalue weighted by Gasteiger charge is 2.34. The number of nitrogens with zero attached hydrogens (tertiary/aromatic N) is 1. The molecule has 6 heteroatoms. The van der Waals surface area contributed by atoms with Crippen molar-refractivity contribution in [1.82, 2.24) is 4.90 Å². The van der Waals surface area contributed by atoms with Crippen LogP contribution >= 0.6 is 35.6 Å². The van der Waals surface area contributed by atoms with Crippen molar-refractivity contribution < 1.29 is 9.84 Å². The zero-order valence-corrected chi connectivity index (χ0v) is 16.1. The van der Waals surface area contributed by atoms with Gasteiger partial charge in [-0.15, -0.1) is 12.4 Å². The van der Waals surface area contributed by atoms with E-state index in [9.17, 15) is 5.11 Å². The summed E-state index contributed by atoms with van der Waals surface area (Å²) in [5.74, 6) is 0. The first-order valence-electron chi connectivity index (χ1n) is 8.62. The van der Waals surface area contributed by atoms with E-state index in [-0.39, 0.29) is 24.6 Å². The van der Waals surface area contributed by atoms with Crippen LogP contribution in [-0.2, 0) is 11.2 Å². The number of aliphatic hydroxyl groups is 1. The number of halogens is 3. The van der Waals surface area contributed by atoms with Gasteiger partial charge in [-0.2, -0.15) is 0 Å². The predicted octanol–water partition coefficient (Wildman–Crippen LogP) is 4.35. The zero-order chi connectivity index (χ0) is 16.2. The Hall–Kier alpha value is -0.0300. The standard InChI is InChI=1S/C18H25Cl2NO2.ClH/c19-15-4-3-5-16(20)14(15)9-11-23-18-7-2-1-6-17(18)21-10-8-13(22)12-21;/h3-5,13,17-18,22H,1-2,6-12H2;1H/t13?,17-,18-;/m1./s1. The highest BCUT2D eigenvalue weighted by Crippen LogP contribution is 2.29. The van der Waals surface area contributed by atoms with Gasteiger partial charge < -0.3 is 9.84 Å². The zero-order valence-electron chi connectivity index (χ0n) is 13.8. The van der Waals surface area contributed by atoms with E-state index in [4.69, 9.17) is 27.9 Å². The molecule has 136 valence electrons. The van der Waals surface area contributed by atoms with Crippen LogP contribution in [0.25, 0.3) is 0 Å². The third-order valence-electron chi connectivity index (χ3n) is 5.08. The number of aliphatic hydroxyl groups excluding tert-OH is 1. The molecule has 0 amide bonds. The van der Waals surface area contributed by atoms with Crippen molar-refractivity contribution in [2.45, 2.75) is 56.8 Å². The molecular formula is C18H26Cl3NO2. The first-order valence-corrected chi connectivity index (χ1v) is 9.37. The molecule has 24 heavy (non-hydrogen) atoms. The van der Waals surface area contributed by atoms with Gasteiger partial charge in [0.2, 0.25) is 0 Å². The van der Waals surface area contributed by atoms with E-state index in [1.54, 1.807) is 0 Å². The summed E-state index contributed by atoms with van der Waals surface area (Å²) in [6, 6.07) is 6.06. The van der Waals surface area contributed by atoms with Crippen LogP contribution in [0.4, 0.5) is 0 Å². The van der Waals surface area contributed by atoms with E-state index >= 15 is 0 Å². The van der Waals surface area contributed by atoms with Crippen molar-refractivity contribution in [3.05, 3.63) is 33.8 Å². The van der Waals surface area contributed by atoms with E-state index in [0.717, 1.165) is 37.9 Å². The van der Waals surface area contributed by atoms with Gasteiger partial charge in [-0.25, -0.2) is 0 Å². The number of ether oxygens (including phenoxy) is 1. The molecular weight excluding hydrogens is 369 g/mol. The molecule has 2 aliphatic rings. The molecule has 3 rings (SSSR count). The first kappa shape index (κ1) is 20.3. The quantitative estimate of drug-likeness (QED) is 0.806. The molecule has 1 saturated carbocycles. The maximum atomic E-state index is 9.79. The van der Waals surface area contributed by atoms with Crippen LogP contribution in [-0.4, -0.2) is 48.0 Å². The summed E-state index contributed by atoms with van der Waals surface area (Å²) in [6.07, 6.45) is 6.48. The number of likely N-dealkylation sites (tertiary alicyclic amines) is 1. The number of hydrogen-bond donors (Lipinski definition) is 1. The molecule has 0 aromatic heterocycles. The Morgan fingerprint density at radius 1 is 1.12 bits per heavy atom. The number of hydrogen-bond acceptors (Lipinski definition) is 3. The molecule has 0 radical (unpaired) electrons. The lowest BCUT2D eigenvalue weighted by Crippen LogP contribution is -2.46. The van der Waals surface area contributed by atoms with E-state index in [1.165, 1.54) is 19.3 Å². The summed E-state index contributed by atoms with van der Waals surface area (Å²) in [4.78, 5) is 2.41. The summed E-state index contributed by atoms with van der Waals surface area (Å²) in [7, 11) is 0. The van der Waals surface area contributed by atoms with Crippen LogP contribution in [0.15, 0.2) is 18.2 Å². The second-order valence-corrected chi connectivity index (χ2v) is 7.46. The largest absolute Gasteiger partial charge is 0.392 e. The molecule has 1 heterocycles. The molecule has 1 unspecified atom stereocenters. The maximum Gasteiger partial charge on any atom is 0.0730 e. The average molecular weight is 395 g/mol. The van der Waals surface area contributed by atoms with Gasteiger partial charge in [0, 0.05) is 29.2 Å². The fourth-order valence-corrected chi connectivity index (χ4v) is 4.43. The third kappa shape index (κ3) is 5.00. The van der Waals surface area contributed by atoms with Crippen LogP contribution in [0.1, 0.15) is 37.7 Å². The second-order valence-electron chi connectivity index (χ2n) is 6.65. The highest BCUT2D eigenvalue weighted by molar-refractivity contribution is 6.35. The third-order valence-corrected chi connectivity index (χ3v) is 5.79. The van der Waals surface area contributed by atoms with Gasteiger partial charge in [0.05, 0.1) is 18.8 Å². The topological polar surface area (TPSA) is 32.7 Å². The van der Waals surface area contributed by atoms with Gasteiger partial charge in [-0.3, -0.25) is 4.90 Å². The molecule has 2 fully saturated rings. The van der Waals surface area contributed by atoms with E-state index in [2.05, 4.69) is 4.90 Å². The van der Waals surface area contributed by atoms with Crippen LogP contribution in [0.5, 0.6) is 0 Å². The Balaban J connectivity index is 0.00000208. The fourth-order valence-electron chi connectivity index (χ4n) is 3.84. The minimum Gasteiger partial charge on any atom is -0.392 e. The molecule has 3 atom stereocenters. The van der Waals surface area contributed by atoms with Gasteiger partial charge in [0.15, 0.2) is 0 Å². The van der Waals surface area contributed by atoms with Gasteiger partial charge >= 0.3 is 0 Å². The van der Waals surface area contributed by atoms with Crippen LogP contribution in [0.3, 0.4) is 0 Å². The monoisotopic (exact) mass is 393 g/mol. The summed E-state index contributed by atoms with van der Waals surface area (Å²) in [6.45, 7) is 2.42. The van der Waals surface area contributed by atoms with Crippen molar-refractivity contribution >= 4 is 35.6 Å². The van der Waals surface area contributed by atoms with E-state index < -0.39 is 0 Å². The van der Waals surface area contributed by atoms with E-state index in [1.807, 2.05) is 18.2 Å².